The van der Waals surface area contributed by atoms with Crippen molar-refractivity contribution in [2.24, 2.45) is 11.7 Å². The summed E-state index contributed by atoms with van der Waals surface area (Å²) >= 11 is 0. The molecule has 1 atom stereocenters. The summed E-state index contributed by atoms with van der Waals surface area (Å²) in [5.41, 5.74) is 7.68. The molecule has 0 saturated heterocycles. The van der Waals surface area contributed by atoms with Crippen molar-refractivity contribution >= 4 is 11.7 Å². The number of likely N-dealkylation sites (N-methyl/N-ethyl adjacent to an activating group) is 1. The Kier molecular flexibility index (Phi) is 3.80. The van der Waals surface area contributed by atoms with Gasteiger partial charge in [-0.3, -0.25) is 0 Å². The molecule has 0 spiro atoms. The molecule has 1 saturated carbocycles. The summed E-state index contributed by atoms with van der Waals surface area (Å²) in [5, 5.41) is 0. The zero-order chi connectivity index (χ0) is 14.0. The minimum Gasteiger partial charge on any atom is -0.468 e. The first-order chi connectivity index (χ1) is 8.97. The maximum Gasteiger partial charge on any atom is 0.327 e. The second kappa shape index (κ2) is 5.21. The van der Waals surface area contributed by atoms with E-state index in [-0.39, 0.29) is 11.9 Å². The summed E-state index contributed by atoms with van der Waals surface area (Å²) in [5.74, 6) is -0.0679. The van der Waals surface area contributed by atoms with Gasteiger partial charge in [0.2, 0.25) is 0 Å². The largest absolute Gasteiger partial charge is 0.468 e. The lowest BCUT2D eigenvalue weighted by atomic mass is 9.93. The molecule has 0 aromatic heterocycles. The number of ether oxygens (including phenoxy) is 1. The van der Waals surface area contributed by atoms with Crippen LogP contribution in [0.25, 0.3) is 0 Å². The fourth-order valence-corrected chi connectivity index (χ4v) is 2.50. The van der Waals surface area contributed by atoms with E-state index >= 15 is 0 Å². The summed E-state index contributed by atoms with van der Waals surface area (Å²) in [6.45, 7) is 2.53. The molecule has 19 heavy (non-hydrogen) atoms. The number of nitrogens with zero attached hydrogens (tertiary/aromatic N) is 1. The first-order valence-corrected chi connectivity index (χ1v) is 6.62. The van der Waals surface area contributed by atoms with Gasteiger partial charge >= 0.3 is 5.97 Å². The van der Waals surface area contributed by atoms with Crippen molar-refractivity contribution in [3.8, 4) is 0 Å². The minimum absolute atomic E-state index is 0.243. The van der Waals surface area contributed by atoms with Crippen LogP contribution in [-0.2, 0) is 9.53 Å². The van der Waals surface area contributed by atoms with Gasteiger partial charge in [-0.1, -0.05) is 12.1 Å². The number of nitrogens with two attached hydrogens (primary N) is 1. The van der Waals surface area contributed by atoms with Crippen LogP contribution in [-0.4, -0.2) is 32.2 Å². The topological polar surface area (TPSA) is 55.6 Å². The van der Waals surface area contributed by atoms with Crippen molar-refractivity contribution in [2.75, 3.05) is 25.6 Å². The molecule has 1 aromatic rings. The summed E-state index contributed by atoms with van der Waals surface area (Å²) in [7, 11) is 3.36. The Labute approximate surface area is 114 Å². The van der Waals surface area contributed by atoms with Crippen LogP contribution in [0.1, 0.15) is 18.4 Å². The van der Waals surface area contributed by atoms with Crippen LogP contribution in [0.15, 0.2) is 24.3 Å². The van der Waals surface area contributed by atoms with E-state index in [1.165, 1.54) is 12.7 Å². The van der Waals surface area contributed by atoms with E-state index in [2.05, 4.69) is 6.07 Å². The highest BCUT2D eigenvalue weighted by atomic mass is 16.5. The predicted octanol–water partition coefficient (Wildman–Crippen LogP) is 1.71. The summed E-state index contributed by atoms with van der Waals surface area (Å²) in [4.78, 5) is 14.0. The zero-order valence-electron chi connectivity index (χ0n) is 11.8. The number of benzene rings is 1. The van der Waals surface area contributed by atoms with E-state index in [4.69, 9.17) is 10.5 Å². The van der Waals surface area contributed by atoms with E-state index in [0.29, 0.717) is 6.54 Å². The number of carbonyl (C=O) groups excluding carboxylic acids is 1. The number of hydrogen-bond donors (Lipinski definition) is 1. The molecule has 0 radical (unpaired) electrons. The predicted molar refractivity (Wildman–Crippen MR) is 76.1 cm³/mol. The molecule has 0 aliphatic heterocycles. The number of anilines is 1. The van der Waals surface area contributed by atoms with Crippen molar-refractivity contribution in [1.82, 2.24) is 0 Å². The number of esters is 1. The quantitative estimate of drug-likeness (QED) is 0.821. The Morgan fingerprint density at radius 2 is 2.21 bits per heavy atom. The SMILES string of the molecule is COC(=O)C(N)(CN(C)c1cccc(C)c1)C1CC1. The van der Waals surface area contributed by atoms with Gasteiger partial charge < -0.3 is 15.4 Å². The van der Waals surface area contributed by atoms with Crippen LogP contribution in [0.2, 0.25) is 0 Å². The summed E-state index contributed by atoms with van der Waals surface area (Å²) in [6, 6.07) is 8.17. The van der Waals surface area contributed by atoms with Crippen LogP contribution in [0, 0.1) is 12.8 Å². The number of hydrogen-bond acceptors (Lipinski definition) is 4. The van der Waals surface area contributed by atoms with Gasteiger partial charge in [-0.2, -0.15) is 0 Å². The molecule has 2 rings (SSSR count). The molecule has 1 aliphatic carbocycles. The Balaban J connectivity index is 2.15. The maximum atomic E-state index is 12.0. The van der Waals surface area contributed by atoms with Crippen molar-refractivity contribution in [1.29, 1.82) is 0 Å². The average Bonchev–Trinajstić information content (AvgIpc) is 3.22. The third kappa shape index (κ3) is 2.89. The van der Waals surface area contributed by atoms with E-state index < -0.39 is 5.54 Å². The smallest absolute Gasteiger partial charge is 0.327 e. The lowest BCUT2D eigenvalue weighted by molar-refractivity contribution is -0.147. The third-order valence-corrected chi connectivity index (χ3v) is 3.81. The third-order valence-electron chi connectivity index (χ3n) is 3.81. The van der Waals surface area contributed by atoms with Crippen molar-refractivity contribution in [3.63, 3.8) is 0 Å². The lowest BCUT2D eigenvalue weighted by Gasteiger charge is -2.32. The van der Waals surface area contributed by atoms with Crippen molar-refractivity contribution in [2.45, 2.75) is 25.3 Å². The highest BCUT2D eigenvalue weighted by Gasteiger charge is 2.49. The molecule has 104 valence electrons. The van der Waals surface area contributed by atoms with Crippen LogP contribution >= 0.6 is 0 Å². The molecule has 0 amide bonds. The fourth-order valence-electron chi connectivity index (χ4n) is 2.50. The molecule has 1 fully saturated rings. The van der Waals surface area contributed by atoms with Crippen LogP contribution in [0.4, 0.5) is 5.69 Å². The Bertz CT molecular complexity index is 471. The van der Waals surface area contributed by atoms with Gasteiger partial charge in [0, 0.05) is 19.3 Å². The van der Waals surface area contributed by atoms with Gasteiger partial charge in [0.25, 0.3) is 0 Å². The molecule has 1 unspecified atom stereocenters. The highest BCUT2D eigenvalue weighted by molar-refractivity contribution is 5.82. The van der Waals surface area contributed by atoms with Gasteiger partial charge in [0.1, 0.15) is 5.54 Å². The number of carbonyl (C=O) groups is 1. The normalized spacial score (nSPS) is 17.7. The van der Waals surface area contributed by atoms with E-state index in [1.807, 2.05) is 37.1 Å². The highest BCUT2D eigenvalue weighted by Crippen LogP contribution is 2.39. The zero-order valence-corrected chi connectivity index (χ0v) is 11.8. The maximum absolute atomic E-state index is 12.0. The number of methoxy groups -OCH3 is 1. The van der Waals surface area contributed by atoms with Crippen molar-refractivity contribution < 1.29 is 9.53 Å². The molecule has 1 aromatic carbocycles. The summed E-state index contributed by atoms with van der Waals surface area (Å²) in [6.07, 6.45) is 2.01. The molecule has 0 heterocycles. The number of aryl methyl sites for hydroxylation is 1. The monoisotopic (exact) mass is 262 g/mol. The average molecular weight is 262 g/mol. The van der Waals surface area contributed by atoms with Gasteiger partial charge in [-0.15, -0.1) is 0 Å². The molecular weight excluding hydrogens is 240 g/mol. The standard InChI is InChI=1S/C15H22N2O2/c1-11-5-4-6-13(9-11)17(2)10-15(16,12-7-8-12)14(18)19-3/h4-6,9,12H,7-8,10,16H2,1-3H3. The lowest BCUT2D eigenvalue weighted by Crippen LogP contribution is -2.58. The minimum atomic E-state index is -0.896. The van der Waals surface area contributed by atoms with Gasteiger partial charge in [-0.05, 0) is 43.4 Å². The van der Waals surface area contributed by atoms with Crippen molar-refractivity contribution in [3.05, 3.63) is 29.8 Å². The molecule has 2 N–H and O–H groups in total. The van der Waals surface area contributed by atoms with Gasteiger partial charge in [0.15, 0.2) is 0 Å². The van der Waals surface area contributed by atoms with Crippen LogP contribution < -0.4 is 10.6 Å². The van der Waals surface area contributed by atoms with Gasteiger partial charge in [0.05, 0.1) is 7.11 Å². The van der Waals surface area contributed by atoms with E-state index in [1.54, 1.807) is 0 Å². The van der Waals surface area contributed by atoms with Gasteiger partial charge in [-0.25, -0.2) is 4.79 Å². The Hall–Kier alpha value is -1.55. The summed E-state index contributed by atoms with van der Waals surface area (Å²) < 4.78 is 4.89. The Morgan fingerprint density at radius 1 is 1.53 bits per heavy atom. The van der Waals surface area contributed by atoms with E-state index in [0.717, 1.165) is 18.5 Å². The first-order valence-electron chi connectivity index (χ1n) is 6.62. The van der Waals surface area contributed by atoms with Crippen LogP contribution in [0.5, 0.6) is 0 Å². The second-order valence-electron chi connectivity index (χ2n) is 5.50. The molecule has 4 heteroatoms. The van der Waals surface area contributed by atoms with E-state index in [9.17, 15) is 4.79 Å². The second-order valence-corrected chi connectivity index (χ2v) is 5.50. The fraction of sp³-hybridized carbons (Fsp3) is 0.533. The molecule has 0 bridgehead atoms. The first kappa shape index (κ1) is 13.9. The molecule has 4 nitrogen and oxygen atoms in total. The Morgan fingerprint density at radius 3 is 2.74 bits per heavy atom. The molecule has 1 aliphatic rings. The number of rotatable bonds is 5. The molecular formula is C15H22N2O2. The van der Waals surface area contributed by atoms with Crippen LogP contribution in [0.3, 0.4) is 0 Å².